The molecule has 36 heavy (non-hydrogen) atoms. The Morgan fingerprint density at radius 2 is 1.69 bits per heavy atom. The SMILES string of the molecule is CC(C)CNC(=O)[C@H](Cc1ccccc1)N(Cc1ccccc1F)C(=O)COc1ccc(Cl)cc1Cl. The van der Waals surface area contributed by atoms with Gasteiger partial charge in [-0.1, -0.05) is 85.6 Å². The normalized spacial score (nSPS) is 11.7. The number of ether oxygens (including phenoxy) is 1. The maximum atomic E-state index is 14.6. The van der Waals surface area contributed by atoms with Crippen molar-refractivity contribution in [2.75, 3.05) is 13.2 Å². The number of benzene rings is 3. The van der Waals surface area contributed by atoms with Crippen molar-refractivity contribution in [2.45, 2.75) is 32.9 Å². The van der Waals surface area contributed by atoms with E-state index in [4.69, 9.17) is 27.9 Å². The van der Waals surface area contributed by atoms with Crippen LogP contribution >= 0.6 is 23.2 Å². The van der Waals surface area contributed by atoms with Gasteiger partial charge in [0.2, 0.25) is 5.91 Å². The number of carbonyl (C=O) groups excluding carboxylic acids is 2. The summed E-state index contributed by atoms with van der Waals surface area (Å²) in [5, 5.41) is 3.61. The molecule has 1 atom stereocenters. The van der Waals surface area contributed by atoms with E-state index in [0.717, 1.165) is 5.56 Å². The topological polar surface area (TPSA) is 58.6 Å². The van der Waals surface area contributed by atoms with E-state index in [-0.39, 0.29) is 35.6 Å². The second-order valence-electron chi connectivity index (χ2n) is 8.82. The first kappa shape index (κ1) is 27.5. The summed E-state index contributed by atoms with van der Waals surface area (Å²) in [6, 6.07) is 19.4. The zero-order chi connectivity index (χ0) is 26.1. The maximum absolute atomic E-state index is 14.6. The standard InChI is InChI=1S/C28H29Cl2FN2O3/c1-19(2)16-32-28(35)25(14-20-8-4-3-5-9-20)33(17-21-10-6-7-11-24(21)31)27(34)18-36-26-13-12-22(29)15-23(26)30/h3-13,15,19,25H,14,16-18H2,1-2H3,(H,32,35)/t25-/m0/s1. The summed E-state index contributed by atoms with van der Waals surface area (Å²) in [5.74, 6) is -0.758. The zero-order valence-corrected chi connectivity index (χ0v) is 21.7. The predicted molar refractivity (Wildman–Crippen MR) is 141 cm³/mol. The van der Waals surface area contributed by atoms with Gasteiger partial charge in [-0.25, -0.2) is 4.39 Å². The number of hydrogen-bond acceptors (Lipinski definition) is 3. The number of rotatable bonds is 11. The van der Waals surface area contributed by atoms with E-state index in [9.17, 15) is 14.0 Å². The second-order valence-corrected chi connectivity index (χ2v) is 9.66. The molecule has 3 aromatic rings. The highest BCUT2D eigenvalue weighted by molar-refractivity contribution is 6.35. The van der Waals surface area contributed by atoms with Crippen LogP contribution < -0.4 is 10.1 Å². The molecule has 8 heteroatoms. The first-order chi connectivity index (χ1) is 17.2. The molecule has 0 bridgehead atoms. The Bertz CT molecular complexity index is 1170. The Kier molecular flexibility index (Phi) is 10.1. The molecule has 0 radical (unpaired) electrons. The van der Waals surface area contributed by atoms with Crippen molar-refractivity contribution in [2.24, 2.45) is 5.92 Å². The largest absolute Gasteiger partial charge is 0.482 e. The lowest BCUT2D eigenvalue weighted by Crippen LogP contribution is -2.52. The molecule has 1 N–H and O–H groups in total. The average Bonchev–Trinajstić information content (AvgIpc) is 2.85. The number of carbonyl (C=O) groups is 2. The van der Waals surface area contributed by atoms with E-state index in [0.29, 0.717) is 17.1 Å². The predicted octanol–water partition coefficient (Wildman–Crippen LogP) is 5.92. The Morgan fingerprint density at radius 1 is 1.00 bits per heavy atom. The van der Waals surface area contributed by atoms with Crippen LogP contribution in [0.4, 0.5) is 4.39 Å². The highest BCUT2D eigenvalue weighted by Crippen LogP contribution is 2.27. The molecule has 190 valence electrons. The van der Waals surface area contributed by atoms with Crippen LogP contribution in [0.3, 0.4) is 0 Å². The summed E-state index contributed by atoms with van der Waals surface area (Å²) in [4.78, 5) is 28.2. The van der Waals surface area contributed by atoms with Crippen molar-refractivity contribution in [3.8, 4) is 5.75 Å². The first-order valence-electron chi connectivity index (χ1n) is 11.7. The molecule has 0 aromatic heterocycles. The molecular weight excluding hydrogens is 502 g/mol. The molecule has 0 aliphatic heterocycles. The van der Waals surface area contributed by atoms with Crippen molar-refractivity contribution in [1.82, 2.24) is 10.2 Å². The van der Waals surface area contributed by atoms with Crippen molar-refractivity contribution in [1.29, 1.82) is 0 Å². The van der Waals surface area contributed by atoms with Crippen LogP contribution in [0.15, 0.2) is 72.8 Å². The third-order valence-corrected chi connectivity index (χ3v) is 6.03. The quantitative estimate of drug-likeness (QED) is 0.334. The van der Waals surface area contributed by atoms with E-state index < -0.39 is 24.4 Å². The van der Waals surface area contributed by atoms with Crippen molar-refractivity contribution >= 4 is 35.0 Å². The molecule has 5 nitrogen and oxygen atoms in total. The lowest BCUT2D eigenvalue weighted by Gasteiger charge is -2.32. The molecule has 0 unspecified atom stereocenters. The van der Waals surface area contributed by atoms with Crippen LogP contribution in [0.1, 0.15) is 25.0 Å². The Hall–Kier alpha value is -3.09. The molecule has 3 rings (SSSR count). The molecule has 2 amide bonds. The number of amides is 2. The molecule has 0 aliphatic carbocycles. The molecule has 0 fully saturated rings. The van der Waals surface area contributed by atoms with Gasteiger partial charge in [-0.3, -0.25) is 9.59 Å². The van der Waals surface area contributed by atoms with Gasteiger partial charge in [0.05, 0.1) is 5.02 Å². The highest BCUT2D eigenvalue weighted by atomic mass is 35.5. The smallest absolute Gasteiger partial charge is 0.261 e. The molecule has 0 saturated heterocycles. The molecule has 0 heterocycles. The van der Waals surface area contributed by atoms with Gasteiger partial charge in [0, 0.05) is 30.1 Å². The van der Waals surface area contributed by atoms with Crippen LogP contribution in [-0.4, -0.2) is 35.9 Å². The van der Waals surface area contributed by atoms with Gasteiger partial charge in [0.1, 0.15) is 17.6 Å². The average molecular weight is 531 g/mol. The summed E-state index contributed by atoms with van der Waals surface area (Å²) in [6.45, 7) is 3.92. The van der Waals surface area contributed by atoms with E-state index in [1.807, 2.05) is 44.2 Å². The molecule has 0 spiro atoms. The summed E-state index contributed by atoms with van der Waals surface area (Å²) in [7, 11) is 0. The number of hydrogen-bond donors (Lipinski definition) is 1. The molecule has 0 saturated carbocycles. The minimum Gasteiger partial charge on any atom is -0.482 e. The molecule has 0 aliphatic rings. The van der Waals surface area contributed by atoms with Gasteiger partial charge in [0.25, 0.3) is 5.91 Å². The fraction of sp³-hybridized carbons (Fsp3) is 0.286. The monoisotopic (exact) mass is 530 g/mol. The van der Waals surface area contributed by atoms with E-state index in [1.54, 1.807) is 30.3 Å². The Labute approximate surface area is 221 Å². The van der Waals surface area contributed by atoms with Crippen LogP contribution in [-0.2, 0) is 22.6 Å². The number of nitrogens with one attached hydrogen (secondary N) is 1. The lowest BCUT2D eigenvalue weighted by molar-refractivity contribution is -0.142. The van der Waals surface area contributed by atoms with Crippen molar-refractivity contribution in [3.05, 3.63) is 99.8 Å². The van der Waals surface area contributed by atoms with Crippen LogP contribution in [0.25, 0.3) is 0 Å². The van der Waals surface area contributed by atoms with Gasteiger partial charge >= 0.3 is 0 Å². The van der Waals surface area contributed by atoms with Gasteiger partial charge in [-0.2, -0.15) is 0 Å². The van der Waals surface area contributed by atoms with E-state index in [2.05, 4.69) is 5.32 Å². The van der Waals surface area contributed by atoms with Gasteiger partial charge in [0.15, 0.2) is 6.61 Å². The lowest BCUT2D eigenvalue weighted by atomic mass is 10.0. The Morgan fingerprint density at radius 3 is 2.36 bits per heavy atom. The van der Waals surface area contributed by atoms with Gasteiger partial charge in [-0.15, -0.1) is 0 Å². The third kappa shape index (κ3) is 7.97. The van der Waals surface area contributed by atoms with Crippen molar-refractivity contribution < 1.29 is 18.7 Å². The molecular formula is C28H29Cl2FN2O3. The van der Waals surface area contributed by atoms with Crippen LogP contribution in [0, 0.1) is 11.7 Å². The van der Waals surface area contributed by atoms with Crippen LogP contribution in [0.5, 0.6) is 5.75 Å². The maximum Gasteiger partial charge on any atom is 0.261 e. The van der Waals surface area contributed by atoms with E-state index >= 15 is 0 Å². The fourth-order valence-electron chi connectivity index (χ4n) is 3.60. The molecule has 3 aromatic carbocycles. The number of nitrogens with zero attached hydrogens (tertiary/aromatic N) is 1. The minimum absolute atomic E-state index is 0.101. The Balaban J connectivity index is 1.92. The summed E-state index contributed by atoms with van der Waals surface area (Å²) < 4.78 is 20.3. The highest BCUT2D eigenvalue weighted by Gasteiger charge is 2.31. The summed E-state index contributed by atoms with van der Waals surface area (Å²) in [5.41, 5.74) is 1.17. The summed E-state index contributed by atoms with van der Waals surface area (Å²) >= 11 is 12.1. The first-order valence-corrected chi connectivity index (χ1v) is 12.4. The van der Waals surface area contributed by atoms with E-state index in [1.165, 1.54) is 17.0 Å². The van der Waals surface area contributed by atoms with Crippen molar-refractivity contribution in [3.63, 3.8) is 0 Å². The second kappa shape index (κ2) is 13.3. The summed E-state index contributed by atoms with van der Waals surface area (Å²) in [6.07, 6.45) is 0.257. The third-order valence-electron chi connectivity index (χ3n) is 5.50. The number of halogens is 3. The minimum atomic E-state index is -0.887. The fourth-order valence-corrected chi connectivity index (χ4v) is 4.06. The van der Waals surface area contributed by atoms with Gasteiger partial charge < -0.3 is 15.0 Å². The van der Waals surface area contributed by atoms with Gasteiger partial charge in [-0.05, 0) is 35.7 Å². The zero-order valence-electron chi connectivity index (χ0n) is 20.2. The van der Waals surface area contributed by atoms with Crippen LogP contribution in [0.2, 0.25) is 10.0 Å².